The van der Waals surface area contributed by atoms with E-state index in [1.165, 1.54) is 43.2 Å². The number of hydrogen-bond donors (Lipinski definition) is 1. The standard InChI is InChI=1S/C23H25FN2O3/c1-3-4-5-6-13-29-21-12-7-17(15-22(21)28-2)14-18(16-25)23(27)26-20-10-8-19(24)9-11-20/h7-12,14-15H,3-6,13H2,1-2H3,(H,26,27)/b18-14+. The molecule has 0 unspecified atom stereocenters. The first-order valence-corrected chi connectivity index (χ1v) is 9.57. The van der Waals surface area contributed by atoms with Gasteiger partial charge in [0.15, 0.2) is 11.5 Å². The van der Waals surface area contributed by atoms with Crippen molar-refractivity contribution in [3.05, 3.63) is 59.4 Å². The number of halogens is 1. The Bertz CT molecular complexity index is 886. The maximum Gasteiger partial charge on any atom is 0.266 e. The number of nitriles is 1. The van der Waals surface area contributed by atoms with Crippen LogP contribution in [0.4, 0.5) is 10.1 Å². The summed E-state index contributed by atoms with van der Waals surface area (Å²) in [7, 11) is 1.54. The van der Waals surface area contributed by atoms with E-state index in [1.54, 1.807) is 25.3 Å². The van der Waals surface area contributed by atoms with E-state index < -0.39 is 11.7 Å². The maximum absolute atomic E-state index is 13.0. The highest BCUT2D eigenvalue weighted by Crippen LogP contribution is 2.29. The summed E-state index contributed by atoms with van der Waals surface area (Å²) in [6, 6.07) is 12.4. The number of hydrogen-bond acceptors (Lipinski definition) is 4. The zero-order valence-electron chi connectivity index (χ0n) is 16.7. The van der Waals surface area contributed by atoms with Crippen LogP contribution in [-0.2, 0) is 4.79 Å². The van der Waals surface area contributed by atoms with Crippen LogP contribution in [0.25, 0.3) is 6.08 Å². The van der Waals surface area contributed by atoms with Gasteiger partial charge in [0.05, 0.1) is 13.7 Å². The zero-order chi connectivity index (χ0) is 21.1. The highest BCUT2D eigenvalue weighted by molar-refractivity contribution is 6.09. The largest absolute Gasteiger partial charge is 0.493 e. The summed E-state index contributed by atoms with van der Waals surface area (Å²) >= 11 is 0. The Morgan fingerprint density at radius 3 is 2.55 bits per heavy atom. The summed E-state index contributed by atoms with van der Waals surface area (Å²) in [5.74, 6) is 0.175. The molecule has 29 heavy (non-hydrogen) atoms. The highest BCUT2D eigenvalue weighted by Gasteiger charge is 2.11. The molecule has 0 atom stereocenters. The van der Waals surface area contributed by atoms with Gasteiger partial charge in [0.2, 0.25) is 0 Å². The van der Waals surface area contributed by atoms with Crippen molar-refractivity contribution in [3.8, 4) is 17.6 Å². The lowest BCUT2D eigenvalue weighted by Gasteiger charge is -2.11. The molecule has 2 aromatic carbocycles. The summed E-state index contributed by atoms with van der Waals surface area (Å²) in [4.78, 5) is 12.3. The summed E-state index contributed by atoms with van der Waals surface area (Å²) in [6.07, 6.45) is 5.91. The molecule has 0 heterocycles. The van der Waals surface area contributed by atoms with Gasteiger partial charge < -0.3 is 14.8 Å². The Labute approximate surface area is 170 Å². The van der Waals surface area contributed by atoms with Gasteiger partial charge in [0, 0.05) is 5.69 Å². The molecular formula is C23H25FN2O3. The van der Waals surface area contributed by atoms with Crippen LogP contribution < -0.4 is 14.8 Å². The zero-order valence-corrected chi connectivity index (χ0v) is 16.7. The lowest BCUT2D eigenvalue weighted by atomic mass is 10.1. The van der Waals surface area contributed by atoms with Gasteiger partial charge in [-0.05, 0) is 54.5 Å². The van der Waals surface area contributed by atoms with Crippen LogP contribution in [0.3, 0.4) is 0 Å². The number of benzene rings is 2. The van der Waals surface area contributed by atoms with E-state index in [0.29, 0.717) is 29.4 Å². The number of carbonyl (C=O) groups is 1. The molecule has 0 saturated heterocycles. The van der Waals surface area contributed by atoms with Crippen molar-refractivity contribution in [2.75, 3.05) is 19.0 Å². The SMILES string of the molecule is CCCCCCOc1ccc(/C=C(\C#N)C(=O)Nc2ccc(F)cc2)cc1OC. The van der Waals surface area contributed by atoms with E-state index in [9.17, 15) is 14.4 Å². The van der Waals surface area contributed by atoms with Crippen LogP contribution in [-0.4, -0.2) is 19.6 Å². The van der Waals surface area contributed by atoms with Gasteiger partial charge in [-0.2, -0.15) is 5.26 Å². The van der Waals surface area contributed by atoms with Crippen molar-refractivity contribution in [1.29, 1.82) is 5.26 Å². The van der Waals surface area contributed by atoms with Gasteiger partial charge in [-0.25, -0.2) is 4.39 Å². The van der Waals surface area contributed by atoms with Gasteiger partial charge >= 0.3 is 0 Å². The van der Waals surface area contributed by atoms with Gasteiger partial charge in [-0.3, -0.25) is 4.79 Å². The van der Waals surface area contributed by atoms with Crippen LogP contribution in [0.5, 0.6) is 11.5 Å². The van der Waals surface area contributed by atoms with E-state index in [-0.39, 0.29) is 5.57 Å². The molecule has 0 bridgehead atoms. The quantitative estimate of drug-likeness (QED) is 0.334. The fourth-order valence-corrected chi connectivity index (χ4v) is 2.65. The number of unbranched alkanes of at least 4 members (excludes halogenated alkanes) is 3. The number of nitrogens with one attached hydrogen (secondary N) is 1. The molecule has 0 aliphatic heterocycles. The molecule has 2 aromatic rings. The number of anilines is 1. The molecule has 0 fully saturated rings. The third-order valence-corrected chi connectivity index (χ3v) is 4.22. The molecule has 1 N–H and O–H groups in total. The molecule has 0 saturated carbocycles. The van der Waals surface area contributed by atoms with E-state index in [1.807, 2.05) is 6.07 Å². The van der Waals surface area contributed by atoms with Crippen LogP contribution in [0.1, 0.15) is 38.2 Å². The molecule has 6 heteroatoms. The summed E-state index contributed by atoms with van der Waals surface area (Å²) in [5.41, 5.74) is 0.956. The van der Waals surface area contributed by atoms with Gasteiger partial charge in [-0.1, -0.05) is 32.3 Å². The number of rotatable bonds is 10. The molecule has 1 amide bonds. The van der Waals surface area contributed by atoms with Crippen molar-refractivity contribution >= 4 is 17.7 Å². The maximum atomic E-state index is 13.0. The molecule has 0 aromatic heterocycles. The smallest absolute Gasteiger partial charge is 0.266 e. The van der Waals surface area contributed by atoms with Crippen molar-refractivity contribution in [2.24, 2.45) is 0 Å². The molecule has 0 aliphatic rings. The lowest BCUT2D eigenvalue weighted by molar-refractivity contribution is -0.112. The predicted molar refractivity (Wildman–Crippen MR) is 111 cm³/mol. The normalized spacial score (nSPS) is 10.9. The minimum atomic E-state index is -0.575. The lowest BCUT2D eigenvalue weighted by Crippen LogP contribution is -2.13. The van der Waals surface area contributed by atoms with Crippen molar-refractivity contribution < 1.29 is 18.7 Å². The molecule has 5 nitrogen and oxygen atoms in total. The number of nitrogens with zero attached hydrogens (tertiary/aromatic N) is 1. The Hall–Kier alpha value is -3.33. The van der Waals surface area contributed by atoms with Crippen LogP contribution in [0, 0.1) is 17.1 Å². The average Bonchev–Trinajstić information content (AvgIpc) is 2.73. The first-order chi connectivity index (χ1) is 14.1. The van der Waals surface area contributed by atoms with Gasteiger partial charge in [-0.15, -0.1) is 0 Å². The van der Waals surface area contributed by atoms with E-state index >= 15 is 0 Å². The van der Waals surface area contributed by atoms with Crippen molar-refractivity contribution in [2.45, 2.75) is 32.6 Å². The van der Waals surface area contributed by atoms with Gasteiger partial charge in [0.25, 0.3) is 5.91 Å². The third-order valence-electron chi connectivity index (χ3n) is 4.22. The fraction of sp³-hybridized carbons (Fsp3) is 0.304. The number of carbonyl (C=O) groups excluding carboxylic acids is 1. The molecule has 152 valence electrons. The molecule has 0 radical (unpaired) electrons. The topological polar surface area (TPSA) is 71.3 Å². The second-order valence-corrected chi connectivity index (χ2v) is 6.45. The molecular weight excluding hydrogens is 371 g/mol. The summed E-state index contributed by atoms with van der Waals surface area (Å²) in [5, 5.41) is 11.9. The fourth-order valence-electron chi connectivity index (χ4n) is 2.65. The summed E-state index contributed by atoms with van der Waals surface area (Å²) < 4.78 is 24.1. The second-order valence-electron chi connectivity index (χ2n) is 6.45. The number of amides is 1. The average molecular weight is 396 g/mol. The van der Waals surface area contributed by atoms with E-state index in [4.69, 9.17) is 9.47 Å². The van der Waals surface area contributed by atoms with Crippen molar-refractivity contribution in [3.63, 3.8) is 0 Å². The summed E-state index contributed by atoms with van der Waals surface area (Å²) in [6.45, 7) is 2.76. The first-order valence-electron chi connectivity index (χ1n) is 9.57. The number of ether oxygens (including phenoxy) is 2. The second kappa shape index (κ2) is 11.5. The van der Waals surface area contributed by atoms with E-state index in [2.05, 4.69) is 12.2 Å². The van der Waals surface area contributed by atoms with Crippen LogP contribution in [0.15, 0.2) is 48.0 Å². The van der Waals surface area contributed by atoms with Crippen molar-refractivity contribution in [1.82, 2.24) is 0 Å². The first kappa shape index (κ1) is 22.0. The van der Waals surface area contributed by atoms with Crippen LogP contribution >= 0.6 is 0 Å². The van der Waals surface area contributed by atoms with Gasteiger partial charge in [0.1, 0.15) is 17.5 Å². The monoisotopic (exact) mass is 396 g/mol. The Balaban J connectivity index is 2.08. The Morgan fingerprint density at radius 2 is 1.90 bits per heavy atom. The Morgan fingerprint density at radius 1 is 1.14 bits per heavy atom. The third kappa shape index (κ3) is 6.96. The highest BCUT2D eigenvalue weighted by atomic mass is 19.1. The molecule has 2 rings (SSSR count). The number of methoxy groups -OCH3 is 1. The minimum Gasteiger partial charge on any atom is -0.493 e. The minimum absolute atomic E-state index is 0.0791. The predicted octanol–water partition coefficient (Wildman–Crippen LogP) is 5.34. The molecule has 0 spiro atoms. The van der Waals surface area contributed by atoms with E-state index in [0.717, 1.165) is 12.8 Å². The van der Waals surface area contributed by atoms with Crippen LogP contribution in [0.2, 0.25) is 0 Å². The molecule has 0 aliphatic carbocycles. The Kier molecular flexibility index (Phi) is 8.71.